The van der Waals surface area contributed by atoms with Crippen molar-refractivity contribution in [2.24, 2.45) is 0 Å². The molecule has 2 amide bonds. The third kappa shape index (κ3) is 4.74. The number of carbonyl (C=O) groups excluding carboxylic acids is 1. The Morgan fingerprint density at radius 3 is 2.66 bits per heavy atom. The van der Waals surface area contributed by atoms with E-state index in [0.717, 1.165) is 6.07 Å². The van der Waals surface area contributed by atoms with Crippen LogP contribution in [0.3, 0.4) is 0 Å². The van der Waals surface area contributed by atoms with Crippen LogP contribution in [0.4, 0.5) is 23.8 Å². The number of hydrogen-bond donors (Lipinski definition) is 2. The van der Waals surface area contributed by atoms with E-state index < -0.39 is 17.6 Å². The second-order valence-electron chi connectivity index (χ2n) is 8.62. The van der Waals surface area contributed by atoms with Crippen LogP contribution in [0.25, 0.3) is 28.2 Å². The van der Waals surface area contributed by atoms with Crippen LogP contribution in [-0.2, 0) is 6.18 Å². The minimum absolute atomic E-state index is 0.115. The average molecular weight is 528 g/mol. The molecule has 13 heteroatoms. The third-order valence-corrected chi connectivity index (χ3v) is 6.17. The normalized spacial score (nSPS) is 13.7. The maximum Gasteiger partial charge on any atom is 0.419 e. The van der Waals surface area contributed by atoms with Crippen molar-refractivity contribution in [2.75, 3.05) is 39.1 Å². The standard InChI is InChI=1S/C25H24F3N7O3/c1-14-22(16-11-17(25(26,27)28)23(29)31-13-16)35-21(32-14)6-4-18(33-35)15-3-5-19(20(12-15)37-2)38-10-9-34-8-7-30-24(34)36/h3-6,11-13H,7-10H2,1-2H3,(H2,29,31)(H,30,36). The molecule has 1 aliphatic rings. The van der Waals surface area contributed by atoms with E-state index >= 15 is 0 Å². The maximum absolute atomic E-state index is 13.4. The lowest BCUT2D eigenvalue weighted by molar-refractivity contribution is -0.137. The fraction of sp³-hybridized carbons (Fsp3) is 0.280. The summed E-state index contributed by atoms with van der Waals surface area (Å²) in [6.45, 7) is 3.67. The predicted octanol–water partition coefficient (Wildman–Crippen LogP) is 3.78. The smallest absolute Gasteiger partial charge is 0.419 e. The van der Waals surface area contributed by atoms with Crippen LogP contribution in [0.5, 0.6) is 11.5 Å². The van der Waals surface area contributed by atoms with Gasteiger partial charge in [-0.1, -0.05) is 0 Å². The molecule has 10 nitrogen and oxygen atoms in total. The minimum Gasteiger partial charge on any atom is -0.493 e. The van der Waals surface area contributed by atoms with Crippen LogP contribution in [0, 0.1) is 6.92 Å². The summed E-state index contributed by atoms with van der Waals surface area (Å²) in [7, 11) is 1.51. The van der Waals surface area contributed by atoms with Crippen LogP contribution in [-0.4, -0.2) is 63.9 Å². The highest BCUT2D eigenvalue weighted by Crippen LogP contribution is 2.36. The molecule has 1 saturated heterocycles. The number of aromatic nitrogens is 4. The van der Waals surface area contributed by atoms with Crippen molar-refractivity contribution in [3.05, 3.63) is 53.9 Å². The SMILES string of the molecule is COc1cc(-c2ccc3nc(C)c(-c4cnc(N)c(C(F)(F)F)c4)n3n2)ccc1OCCN1CCNC1=O. The molecule has 3 aromatic heterocycles. The number of aryl methyl sites for hydroxylation is 1. The number of anilines is 1. The number of methoxy groups -OCH3 is 1. The summed E-state index contributed by atoms with van der Waals surface area (Å²) in [5.41, 5.74) is 7.20. The first kappa shape index (κ1) is 25.1. The molecule has 1 fully saturated rings. The Balaban J connectivity index is 1.46. The number of nitrogens with two attached hydrogens (primary N) is 1. The number of amides is 2. The van der Waals surface area contributed by atoms with E-state index in [1.807, 2.05) is 0 Å². The highest BCUT2D eigenvalue weighted by molar-refractivity contribution is 5.76. The molecule has 0 aliphatic carbocycles. The Morgan fingerprint density at radius 1 is 1.13 bits per heavy atom. The Kier molecular flexibility index (Phi) is 6.43. The topological polar surface area (TPSA) is 120 Å². The molecule has 0 saturated carbocycles. The van der Waals surface area contributed by atoms with Crippen LogP contribution >= 0.6 is 0 Å². The van der Waals surface area contributed by atoms with Crippen molar-refractivity contribution in [2.45, 2.75) is 13.1 Å². The number of rotatable bonds is 7. The first-order chi connectivity index (χ1) is 18.2. The van der Waals surface area contributed by atoms with Gasteiger partial charge in [-0.05, 0) is 43.3 Å². The van der Waals surface area contributed by atoms with Crippen LogP contribution in [0.2, 0.25) is 0 Å². The maximum atomic E-state index is 13.4. The van der Waals surface area contributed by atoms with Gasteiger partial charge in [-0.15, -0.1) is 0 Å². The molecule has 4 heterocycles. The van der Waals surface area contributed by atoms with Gasteiger partial charge < -0.3 is 25.4 Å². The zero-order valence-corrected chi connectivity index (χ0v) is 20.5. The molecule has 5 rings (SSSR count). The van der Waals surface area contributed by atoms with Crippen molar-refractivity contribution >= 4 is 17.5 Å². The fourth-order valence-corrected chi connectivity index (χ4v) is 4.30. The molecule has 0 atom stereocenters. The average Bonchev–Trinajstić information content (AvgIpc) is 3.44. The number of hydrogen-bond acceptors (Lipinski definition) is 7. The number of halogens is 3. The van der Waals surface area contributed by atoms with Crippen molar-refractivity contribution < 1.29 is 27.4 Å². The Labute approximate surface area is 215 Å². The van der Waals surface area contributed by atoms with Gasteiger partial charge in [-0.3, -0.25) is 0 Å². The molecule has 0 unspecified atom stereocenters. The Bertz CT molecular complexity index is 1520. The molecule has 4 aromatic rings. The number of imidazole rings is 1. The van der Waals surface area contributed by atoms with Crippen LogP contribution < -0.4 is 20.5 Å². The van der Waals surface area contributed by atoms with E-state index in [1.165, 1.54) is 17.8 Å². The molecule has 0 spiro atoms. The first-order valence-electron chi connectivity index (χ1n) is 11.7. The number of nitrogens with zero attached hydrogens (tertiary/aromatic N) is 5. The number of urea groups is 1. The summed E-state index contributed by atoms with van der Waals surface area (Å²) in [5, 5.41) is 7.39. The zero-order chi connectivity index (χ0) is 27.0. The first-order valence-corrected chi connectivity index (χ1v) is 11.7. The van der Waals surface area contributed by atoms with Gasteiger partial charge in [0.1, 0.15) is 12.4 Å². The number of pyridine rings is 1. The summed E-state index contributed by atoms with van der Waals surface area (Å²) in [5.74, 6) is 0.373. The van der Waals surface area contributed by atoms with Gasteiger partial charge in [0.15, 0.2) is 17.1 Å². The number of fused-ring (bicyclic) bond motifs is 1. The van der Waals surface area contributed by atoms with Gasteiger partial charge in [0, 0.05) is 30.4 Å². The van der Waals surface area contributed by atoms with Crippen LogP contribution in [0.15, 0.2) is 42.6 Å². The van der Waals surface area contributed by atoms with Gasteiger partial charge in [0.05, 0.1) is 36.3 Å². The lowest BCUT2D eigenvalue weighted by atomic mass is 10.1. The van der Waals surface area contributed by atoms with Crippen molar-refractivity contribution in [1.29, 1.82) is 0 Å². The summed E-state index contributed by atoms with van der Waals surface area (Å²) in [6, 6.07) is 9.61. The quantitative estimate of drug-likeness (QED) is 0.375. The fourth-order valence-electron chi connectivity index (χ4n) is 4.30. The van der Waals surface area contributed by atoms with Crippen LogP contribution in [0.1, 0.15) is 11.3 Å². The minimum atomic E-state index is -4.65. The zero-order valence-electron chi connectivity index (χ0n) is 20.5. The van der Waals surface area contributed by atoms with Crippen molar-refractivity contribution in [3.63, 3.8) is 0 Å². The number of nitrogen functional groups attached to an aromatic ring is 1. The number of nitrogens with one attached hydrogen (secondary N) is 1. The van der Waals surface area contributed by atoms with E-state index in [9.17, 15) is 18.0 Å². The largest absolute Gasteiger partial charge is 0.493 e. The molecular formula is C25H24F3N7O3. The number of carbonyl (C=O) groups is 1. The van der Waals surface area contributed by atoms with Gasteiger partial charge in [-0.2, -0.15) is 18.3 Å². The highest BCUT2D eigenvalue weighted by atomic mass is 19.4. The number of benzene rings is 1. The second-order valence-corrected chi connectivity index (χ2v) is 8.62. The predicted molar refractivity (Wildman–Crippen MR) is 133 cm³/mol. The van der Waals surface area contributed by atoms with E-state index in [4.69, 9.17) is 15.2 Å². The molecule has 0 radical (unpaired) electrons. The number of ether oxygens (including phenoxy) is 2. The Hall–Kier alpha value is -4.55. The van der Waals surface area contributed by atoms with Gasteiger partial charge >= 0.3 is 12.2 Å². The molecule has 198 valence electrons. The molecule has 0 bridgehead atoms. The summed E-state index contributed by atoms with van der Waals surface area (Å²) >= 11 is 0. The lowest BCUT2D eigenvalue weighted by Crippen LogP contribution is -2.31. The van der Waals surface area contributed by atoms with E-state index in [2.05, 4.69) is 20.4 Å². The van der Waals surface area contributed by atoms with Gasteiger partial charge in [0.25, 0.3) is 0 Å². The van der Waals surface area contributed by atoms with Crippen molar-refractivity contribution in [1.82, 2.24) is 29.8 Å². The van der Waals surface area contributed by atoms with E-state index in [1.54, 1.807) is 42.2 Å². The van der Waals surface area contributed by atoms with Gasteiger partial charge in [-0.25, -0.2) is 19.3 Å². The molecule has 38 heavy (non-hydrogen) atoms. The molecule has 1 aliphatic heterocycles. The molecule has 3 N–H and O–H groups in total. The van der Waals surface area contributed by atoms with Gasteiger partial charge in [0.2, 0.25) is 0 Å². The van der Waals surface area contributed by atoms with E-state index in [0.29, 0.717) is 66.0 Å². The monoisotopic (exact) mass is 527 g/mol. The molecule has 1 aromatic carbocycles. The highest BCUT2D eigenvalue weighted by Gasteiger charge is 2.34. The second kappa shape index (κ2) is 9.72. The Morgan fingerprint density at radius 2 is 1.95 bits per heavy atom. The summed E-state index contributed by atoms with van der Waals surface area (Å²) in [6.07, 6.45) is -3.38. The van der Waals surface area contributed by atoms with Crippen molar-refractivity contribution in [3.8, 4) is 34.0 Å². The number of alkyl halides is 3. The third-order valence-electron chi connectivity index (χ3n) is 6.17. The summed E-state index contributed by atoms with van der Waals surface area (Å²) < 4.78 is 53.2. The summed E-state index contributed by atoms with van der Waals surface area (Å²) in [4.78, 5) is 21.5. The lowest BCUT2D eigenvalue weighted by Gasteiger charge is -2.16. The van der Waals surface area contributed by atoms with E-state index in [-0.39, 0.29) is 11.6 Å². The molecular weight excluding hydrogens is 503 g/mol.